The number of carbonyl (C=O) groups is 2. The van der Waals surface area contributed by atoms with Gasteiger partial charge in [-0.15, -0.1) is 0 Å². The number of benzene rings is 2. The zero-order valence-corrected chi connectivity index (χ0v) is 18.4. The summed E-state index contributed by atoms with van der Waals surface area (Å²) in [5, 5.41) is 5.67. The van der Waals surface area contributed by atoms with Crippen LogP contribution < -0.4 is 20.3 Å². The molecule has 0 radical (unpaired) electrons. The number of aryl methyl sites for hydroxylation is 1. The molecule has 3 rings (SSSR count). The third-order valence-electron chi connectivity index (χ3n) is 5.04. The Morgan fingerprint density at radius 1 is 1.03 bits per heavy atom. The van der Waals surface area contributed by atoms with Gasteiger partial charge in [0.25, 0.3) is 0 Å². The monoisotopic (exact) mass is 423 g/mol. The molecule has 2 amide bonds. The third kappa shape index (κ3) is 5.36. The molecular weight excluding hydrogens is 394 g/mol. The maximum atomic E-state index is 12.9. The van der Waals surface area contributed by atoms with Crippen molar-refractivity contribution in [3.63, 3.8) is 0 Å². The van der Waals surface area contributed by atoms with E-state index in [2.05, 4.69) is 10.6 Å². The number of ether oxygens (including phenoxy) is 2. The van der Waals surface area contributed by atoms with Gasteiger partial charge < -0.3 is 25.0 Å². The van der Waals surface area contributed by atoms with E-state index in [9.17, 15) is 9.59 Å². The Morgan fingerprint density at radius 2 is 1.71 bits per heavy atom. The quantitative estimate of drug-likeness (QED) is 0.633. The Morgan fingerprint density at radius 3 is 2.32 bits per heavy atom. The van der Waals surface area contributed by atoms with Crippen LogP contribution in [0.3, 0.4) is 0 Å². The molecule has 0 saturated heterocycles. The molecule has 0 aliphatic carbocycles. The number of nitrogens with zero attached hydrogens (tertiary/aromatic N) is 1. The van der Waals surface area contributed by atoms with Crippen molar-refractivity contribution in [3.8, 4) is 5.75 Å². The van der Waals surface area contributed by atoms with Crippen molar-refractivity contribution in [2.45, 2.75) is 26.8 Å². The number of hydrogen-bond acceptors (Lipinski definition) is 5. The normalized spacial score (nSPS) is 15.7. The summed E-state index contributed by atoms with van der Waals surface area (Å²) in [6, 6.07) is 14.5. The van der Waals surface area contributed by atoms with E-state index >= 15 is 0 Å². The first kappa shape index (κ1) is 22.2. The highest BCUT2D eigenvalue weighted by Crippen LogP contribution is 2.29. The van der Waals surface area contributed by atoms with E-state index in [4.69, 9.17) is 9.47 Å². The van der Waals surface area contributed by atoms with Crippen molar-refractivity contribution in [3.05, 3.63) is 70.9 Å². The summed E-state index contributed by atoms with van der Waals surface area (Å²) in [5.74, 6) is 0.344. The average molecular weight is 424 g/mol. The van der Waals surface area contributed by atoms with Crippen LogP contribution >= 0.6 is 0 Å². The van der Waals surface area contributed by atoms with Gasteiger partial charge in [-0.2, -0.15) is 0 Å². The molecule has 2 N–H and O–H groups in total. The van der Waals surface area contributed by atoms with Crippen LogP contribution in [-0.4, -0.2) is 38.8 Å². The van der Waals surface area contributed by atoms with Gasteiger partial charge in [0, 0.05) is 12.7 Å². The topological polar surface area (TPSA) is 79.9 Å². The lowest BCUT2D eigenvalue weighted by Crippen LogP contribution is -2.48. The molecular formula is C24H29N3O4. The largest absolute Gasteiger partial charge is 0.494 e. The molecule has 0 bridgehead atoms. The van der Waals surface area contributed by atoms with Gasteiger partial charge in [0.15, 0.2) is 0 Å². The molecule has 7 heteroatoms. The summed E-state index contributed by atoms with van der Waals surface area (Å²) in [6.07, 6.45) is 0. The molecule has 1 aliphatic rings. The van der Waals surface area contributed by atoms with Gasteiger partial charge in [-0.05, 0) is 50.6 Å². The minimum absolute atomic E-state index is 0.249. The van der Waals surface area contributed by atoms with E-state index in [1.165, 1.54) is 0 Å². The van der Waals surface area contributed by atoms with Crippen molar-refractivity contribution < 1.29 is 19.1 Å². The van der Waals surface area contributed by atoms with Crippen LogP contribution in [0.4, 0.5) is 10.5 Å². The zero-order chi connectivity index (χ0) is 22.4. The molecule has 164 valence electrons. The standard InChI is InChI=1S/C24H29N3O4/c1-5-30-19-13-11-18(12-14-19)27(4)15-20-21(23(28)31-6-2)22(26-24(29)25-20)17-9-7-16(3)8-10-17/h7-14,22H,5-6,15H2,1-4H3,(H2,25,26,29). The van der Waals surface area contributed by atoms with Crippen LogP contribution in [0.2, 0.25) is 0 Å². The molecule has 2 aromatic rings. The minimum Gasteiger partial charge on any atom is -0.494 e. The Bertz CT molecular complexity index is 952. The second-order valence-corrected chi connectivity index (χ2v) is 7.34. The van der Waals surface area contributed by atoms with Gasteiger partial charge >= 0.3 is 12.0 Å². The second kappa shape index (κ2) is 10.0. The highest BCUT2D eigenvalue weighted by atomic mass is 16.5. The SMILES string of the molecule is CCOC(=O)C1=C(CN(C)c2ccc(OCC)cc2)NC(=O)NC1c1ccc(C)cc1. The number of carbonyl (C=O) groups excluding carboxylic acids is 2. The molecule has 0 aromatic heterocycles. The van der Waals surface area contributed by atoms with E-state index in [0.717, 1.165) is 22.6 Å². The molecule has 7 nitrogen and oxygen atoms in total. The van der Waals surface area contributed by atoms with E-state index in [1.807, 2.05) is 74.3 Å². The molecule has 0 fully saturated rings. The van der Waals surface area contributed by atoms with Crippen LogP contribution in [0.25, 0.3) is 0 Å². The lowest BCUT2D eigenvalue weighted by molar-refractivity contribution is -0.139. The molecule has 1 atom stereocenters. The summed E-state index contributed by atoms with van der Waals surface area (Å²) in [7, 11) is 1.90. The first-order chi connectivity index (χ1) is 14.9. The lowest BCUT2D eigenvalue weighted by Gasteiger charge is -2.31. The summed E-state index contributed by atoms with van der Waals surface area (Å²) >= 11 is 0. The summed E-state index contributed by atoms with van der Waals surface area (Å²) < 4.78 is 10.8. The van der Waals surface area contributed by atoms with E-state index < -0.39 is 12.0 Å². The Balaban J connectivity index is 1.95. The number of urea groups is 1. The number of hydrogen-bond donors (Lipinski definition) is 2. The highest BCUT2D eigenvalue weighted by molar-refractivity contribution is 5.95. The van der Waals surface area contributed by atoms with E-state index in [0.29, 0.717) is 24.4 Å². The van der Waals surface area contributed by atoms with E-state index in [-0.39, 0.29) is 12.6 Å². The lowest BCUT2D eigenvalue weighted by atomic mass is 9.94. The van der Waals surface area contributed by atoms with Gasteiger partial charge in [0.2, 0.25) is 0 Å². The molecule has 0 spiro atoms. The third-order valence-corrected chi connectivity index (χ3v) is 5.04. The van der Waals surface area contributed by atoms with E-state index in [1.54, 1.807) is 6.92 Å². The van der Waals surface area contributed by atoms with Gasteiger partial charge in [-0.1, -0.05) is 29.8 Å². The molecule has 2 aromatic carbocycles. The van der Waals surface area contributed by atoms with Crippen LogP contribution in [0, 0.1) is 6.92 Å². The Labute approximate surface area is 183 Å². The second-order valence-electron chi connectivity index (χ2n) is 7.34. The molecule has 1 heterocycles. The fourth-order valence-corrected chi connectivity index (χ4v) is 3.49. The average Bonchev–Trinajstić information content (AvgIpc) is 2.74. The van der Waals surface area contributed by atoms with Crippen molar-refractivity contribution in [2.24, 2.45) is 0 Å². The maximum Gasteiger partial charge on any atom is 0.338 e. The first-order valence-electron chi connectivity index (χ1n) is 10.4. The molecule has 31 heavy (non-hydrogen) atoms. The Kier molecular flexibility index (Phi) is 7.18. The fraction of sp³-hybridized carbons (Fsp3) is 0.333. The van der Waals surface area contributed by atoms with Gasteiger partial charge in [0.1, 0.15) is 5.75 Å². The van der Waals surface area contributed by atoms with Crippen molar-refractivity contribution in [2.75, 3.05) is 31.7 Å². The Hall–Kier alpha value is -3.48. The number of likely N-dealkylation sites (N-methyl/N-ethyl adjacent to an activating group) is 1. The number of amides is 2. The fourth-order valence-electron chi connectivity index (χ4n) is 3.49. The van der Waals surface area contributed by atoms with Gasteiger partial charge in [-0.3, -0.25) is 0 Å². The van der Waals surface area contributed by atoms with Crippen molar-refractivity contribution in [1.82, 2.24) is 10.6 Å². The highest BCUT2D eigenvalue weighted by Gasteiger charge is 2.34. The van der Waals surface area contributed by atoms with Crippen LogP contribution in [0.1, 0.15) is 31.0 Å². The summed E-state index contributed by atoms with van der Waals surface area (Å²) in [6.45, 7) is 6.87. The molecule has 1 aliphatic heterocycles. The van der Waals surface area contributed by atoms with Crippen LogP contribution in [0.15, 0.2) is 59.8 Å². The maximum absolute atomic E-state index is 12.9. The van der Waals surface area contributed by atoms with Crippen LogP contribution in [-0.2, 0) is 9.53 Å². The first-order valence-corrected chi connectivity index (χ1v) is 10.4. The zero-order valence-electron chi connectivity index (χ0n) is 18.4. The molecule has 1 unspecified atom stereocenters. The smallest absolute Gasteiger partial charge is 0.338 e. The van der Waals surface area contributed by atoms with Crippen LogP contribution in [0.5, 0.6) is 5.75 Å². The summed E-state index contributed by atoms with van der Waals surface area (Å²) in [4.78, 5) is 27.3. The molecule has 0 saturated carbocycles. The number of anilines is 1. The predicted molar refractivity (Wildman–Crippen MR) is 120 cm³/mol. The minimum atomic E-state index is -0.586. The van der Waals surface area contributed by atoms with Gasteiger partial charge in [0.05, 0.1) is 37.1 Å². The predicted octanol–water partition coefficient (Wildman–Crippen LogP) is 3.70. The van der Waals surface area contributed by atoms with Crippen molar-refractivity contribution >= 4 is 17.7 Å². The summed E-state index contributed by atoms with van der Waals surface area (Å²) in [5.41, 5.74) is 3.77. The van der Waals surface area contributed by atoms with Crippen molar-refractivity contribution in [1.29, 1.82) is 0 Å². The van der Waals surface area contributed by atoms with Gasteiger partial charge in [-0.25, -0.2) is 9.59 Å². The number of esters is 1. The number of rotatable bonds is 8. The number of nitrogens with one attached hydrogen (secondary N) is 2.